The van der Waals surface area contributed by atoms with Crippen LogP contribution in [0, 0.1) is 0 Å². The van der Waals surface area contributed by atoms with Crippen molar-refractivity contribution in [1.82, 2.24) is 29.1 Å². The van der Waals surface area contributed by atoms with Crippen LogP contribution in [-0.2, 0) is 11.1 Å². The molecule has 4 aromatic rings. The zero-order chi connectivity index (χ0) is 20.5. The van der Waals surface area contributed by atoms with E-state index in [0.29, 0.717) is 0 Å². The Bertz CT molecular complexity index is 1110. The molecule has 4 heterocycles. The van der Waals surface area contributed by atoms with Gasteiger partial charge in [-0.3, -0.25) is 0 Å². The number of rotatable bonds is 1. The number of aromatic nitrogens is 6. The number of nitrogens with zero attached hydrogens (tertiary/aromatic N) is 6. The summed E-state index contributed by atoms with van der Waals surface area (Å²) < 4.78 is 4.31. The van der Waals surface area contributed by atoms with Crippen molar-refractivity contribution >= 4 is 28.1 Å². The maximum Gasteiger partial charge on any atom is 0.144 e. The predicted octanol–water partition coefficient (Wildman–Crippen LogP) is 5.02. The van der Waals surface area contributed by atoms with Gasteiger partial charge >= 0.3 is 0 Å². The van der Waals surface area contributed by atoms with E-state index in [1.807, 2.05) is 24.5 Å². The lowest BCUT2D eigenvalue weighted by atomic mass is 10.1. The Morgan fingerprint density at radius 3 is 2.07 bits per heavy atom. The Kier molecular flexibility index (Phi) is 5.06. The molecule has 0 aliphatic carbocycles. The molecule has 0 atom stereocenters. The molecule has 0 N–H and O–H groups in total. The van der Waals surface area contributed by atoms with Gasteiger partial charge in [0, 0.05) is 40.4 Å². The van der Waals surface area contributed by atoms with E-state index in [2.05, 4.69) is 83.4 Å². The Morgan fingerprint density at radius 1 is 0.821 bits per heavy atom. The summed E-state index contributed by atoms with van der Waals surface area (Å²) in [5.74, 6) is 0. The molecule has 0 amide bonds. The number of hydrogen-bond acceptors (Lipinski definition) is 4. The second-order valence-electron chi connectivity index (χ2n) is 8.72. The van der Waals surface area contributed by atoms with Gasteiger partial charge in [0.15, 0.2) is 0 Å². The molecule has 0 saturated carbocycles. The topological polar surface area (TPSA) is 61.4 Å². The standard InChI is InChI=1S/C12H15N3.C10H13N3/c1-5-10-9-6-7-15(12(2,3)4)11(9)14-8-13-10;1-10(2,3)13-5-4-8-6-11-7-12-9(8)13/h5-8H,1H2,2-4H3;4-7H,1-3H3. The minimum atomic E-state index is 0.0363. The SMILES string of the molecule is C=Cc1ncnc2c1ccn2C(C)(C)C.CC(C)(C)n1ccc2cncnc21. The van der Waals surface area contributed by atoms with Crippen molar-refractivity contribution in [2.75, 3.05) is 0 Å². The average Bonchev–Trinajstić information content (AvgIpc) is 3.25. The van der Waals surface area contributed by atoms with Crippen LogP contribution in [-0.4, -0.2) is 29.1 Å². The van der Waals surface area contributed by atoms with Crippen molar-refractivity contribution in [3.63, 3.8) is 0 Å². The zero-order valence-electron chi connectivity index (χ0n) is 17.5. The fraction of sp³-hybridized carbons (Fsp3) is 0.364. The van der Waals surface area contributed by atoms with Crippen LogP contribution >= 0.6 is 0 Å². The lowest BCUT2D eigenvalue weighted by Crippen LogP contribution is -2.20. The first-order valence-electron chi connectivity index (χ1n) is 9.35. The molecular formula is C22H28N6. The molecular weight excluding hydrogens is 348 g/mol. The summed E-state index contributed by atoms with van der Waals surface area (Å²) in [5.41, 5.74) is 2.97. The summed E-state index contributed by atoms with van der Waals surface area (Å²) in [4.78, 5) is 16.7. The predicted molar refractivity (Wildman–Crippen MR) is 115 cm³/mol. The third-order valence-electron chi connectivity index (χ3n) is 4.50. The van der Waals surface area contributed by atoms with Gasteiger partial charge in [-0.2, -0.15) is 0 Å². The van der Waals surface area contributed by atoms with Gasteiger partial charge in [-0.1, -0.05) is 6.58 Å². The van der Waals surface area contributed by atoms with E-state index in [1.165, 1.54) is 0 Å². The molecule has 0 radical (unpaired) electrons. The van der Waals surface area contributed by atoms with Crippen LogP contribution < -0.4 is 0 Å². The largest absolute Gasteiger partial charge is 0.327 e. The third-order valence-corrected chi connectivity index (χ3v) is 4.50. The van der Waals surface area contributed by atoms with Gasteiger partial charge in [-0.15, -0.1) is 0 Å². The molecule has 28 heavy (non-hydrogen) atoms. The summed E-state index contributed by atoms with van der Waals surface area (Å²) in [5, 5.41) is 2.15. The minimum Gasteiger partial charge on any atom is -0.327 e. The molecule has 6 nitrogen and oxygen atoms in total. The molecule has 0 aliphatic rings. The lowest BCUT2D eigenvalue weighted by molar-refractivity contribution is 0.408. The highest BCUT2D eigenvalue weighted by Gasteiger charge is 2.17. The molecule has 6 heteroatoms. The van der Waals surface area contributed by atoms with Crippen molar-refractivity contribution in [1.29, 1.82) is 0 Å². The monoisotopic (exact) mass is 376 g/mol. The third kappa shape index (κ3) is 3.81. The van der Waals surface area contributed by atoms with Crippen LogP contribution in [0.2, 0.25) is 0 Å². The first kappa shape index (κ1) is 19.7. The summed E-state index contributed by atoms with van der Waals surface area (Å²) in [6.07, 6.45) is 10.9. The molecule has 146 valence electrons. The maximum atomic E-state index is 4.32. The van der Waals surface area contributed by atoms with Gasteiger partial charge in [0.2, 0.25) is 0 Å². The van der Waals surface area contributed by atoms with Gasteiger partial charge in [0.05, 0.1) is 5.69 Å². The summed E-state index contributed by atoms with van der Waals surface area (Å²) in [6.45, 7) is 16.7. The van der Waals surface area contributed by atoms with Crippen molar-refractivity contribution in [3.8, 4) is 0 Å². The fourth-order valence-corrected chi connectivity index (χ4v) is 3.09. The van der Waals surface area contributed by atoms with Crippen LogP contribution in [0.4, 0.5) is 0 Å². The van der Waals surface area contributed by atoms with Crippen molar-refractivity contribution in [2.24, 2.45) is 0 Å². The van der Waals surface area contributed by atoms with E-state index in [-0.39, 0.29) is 11.1 Å². The lowest BCUT2D eigenvalue weighted by Gasteiger charge is -2.21. The van der Waals surface area contributed by atoms with Crippen molar-refractivity contribution in [2.45, 2.75) is 52.6 Å². The molecule has 4 aromatic heterocycles. The molecule has 0 unspecified atom stereocenters. The van der Waals surface area contributed by atoms with E-state index in [4.69, 9.17) is 0 Å². The second-order valence-corrected chi connectivity index (χ2v) is 8.72. The van der Waals surface area contributed by atoms with E-state index in [1.54, 1.807) is 18.7 Å². The van der Waals surface area contributed by atoms with Crippen LogP contribution in [0.3, 0.4) is 0 Å². The number of hydrogen-bond donors (Lipinski definition) is 0. The Morgan fingerprint density at radius 2 is 1.43 bits per heavy atom. The van der Waals surface area contributed by atoms with Gasteiger partial charge < -0.3 is 9.13 Å². The van der Waals surface area contributed by atoms with Gasteiger partial charge in [-0.25, -0.2) is 19.9 Å². The Hall–Kier alpha value is -3.02. The minimum absolute atomic E-state index is 0.0363. The second kappa shape index (κ2) is 7.19. The normalized spacial score (nSPS) is 12.1. The van der Waals surface area contributed by atoms with Gasteiger partial charge in [0.25, 0.3) is 0 Å². The highest BCUT2D eigenvalue weighted by Crippen LogP contribution is 2.24. The van der Waals surface area contributed by atoms with Crippen LogP contribution in [0.1, 0.15) is 47.2 Å². The van der Waals surface area contributed by atoms with E-state index < -0.39 is 0 Å². The molecule has 0 aromatic carbocycles. The zero-order valence-corrected chi connectivity index (χ0v) is 17.5. The molecule has 0 aliphatic heterocycles. The summed E-state index contributed by atoms with van der Waals surface area (Å²) in [7, 11) is 0. The van der Waals surface area contributed by atoms with Gasteiger partial charge in [-0.05, 0) is 59.8 Å². The Balaban J connectivity index is 0.000000162. The first-order valence-corrected chi connectivity index (χ1v) is 9.35. The fourth-order valence-electron chi connectivity index (χ4n) is 3.09. The highest BCUT2D eigenvalue weighted by atomic mass is 15.1. The number of fused-ring (bicyclic) bond motifs is 2. The summed E-state index contributed by atoms with van der Waals surface area (Å²) >= 11 is 0. The smallest absolute Gasteiger partial charge is 0.144 e. The first-order chi connectivity index (χ1) is 13.1. The molecule has 0 saturated heterocycles. The quantitative estimate of drug-likeness (QED) is 0.468. The van der Waals surface area contributed by atoms with Crippen molar-refractivity contribution < 1.29 is 0 Å². The van der Waals surface area contributed by atoms with Gasteiger partial charge in [0.1, 0.15) is 23.9 Å². The van der Waals surface area contributed by atoms with E-state index >= 15 is 0 Å². The van der Waals surface area contributed by atoms with E-state index in [0.717, 1.165) is 27.8 Å². The van der Waals surface area contributed by atoms with Crippen LogP contribution in [0.5, 0.6) is 0 Å². The van der Waals surface area contributed by atoms with Crippen LogP contribution in [0.15, 0.2) is 50.0 Å². The molecule has 4 rings (SSSR count). The average molecular weight is 377 g/mol. The maximum absolute atomic E-state index is 4.32. The van der Waals surface area contributed by atoms with E-state index in [9.17, 15) is 0 Å². The Labute approximate surface area is 166 Å². The molecule has 0 fully saturated rings. The highest BCUT2D eigenvalue weighted by molar-refractivity contribution is 5.84. The molecule has 0 bridgehead atoms. The molecule has 0 spiro atoms. The van der Waals surface area contributed by atoms with Crippen LogP contribution in [0.25, 0.3) is 28.1 Å². The summed E-state index contributed by atoms with van der Waals surface area (Å²) in [6, 6.07) is 4.08. The van der Waals surface area contributed by atoms with Crippen molar-refractivity contribution in [3.05, 3.63) is 55.7 Å².